The molecule has 0 N–H and O–H groups in total. The molecular weight excluding hydrogens is 599 g/mol. The third-order valence-corrected chi connectivity index (χ3v) is 8.18. The van der Waals surface area contributed by atoms with Gasteiger partial charge in [0.1, 0.15) is 11.2 Å². The molecule has 0 saturated heterocycles. The predicted octanol–water partition coefficient (Wildman–Crippen LogP) is 11.8. The van der Waals surface area contributed by atoms with Gasteiger partial charge >= 0.3 is 0 Å². The van der Waals surface area contributed by atoms with E-state index in [1.54, 1.807) is 0 Å². The van der Waals surface area contributed by atoms with Crippen molar-refractivity contribution in [2.75, 3.05) is 0 Å². The molecule has 2 aromatic heterocycles. The second-order valence-electron chi connectivity index (χ2n) is 11.2. The molecule has 0 spiro atoms. The number of hydrogen-bond acceptors (Lipinski definition) is 4. The van der Waals surface area contributed by atoms with Crippen LogP contribution >= 0.6 is 0 Å². The Morgan fingerprint density at radius 3 is 1.39 bits per heavy atom. The number of hydrogen-bond donors (Lipinski definition) is 0. The van der Waals surface area contributed by atoms with Crippen LogP contribution in [0.1, 0.15) is 15.1 Å². The van der Waals surface area contributed by atoms with Crippen molar-refractivity contribution in [2.24, 2.45) is 0 Å². The lowest BCUT2D eigenvalue weighted by Crippen LogP contribution is -2.00. The Labute approximate surface area is 299 Å². The minimum Gasteiger partial charge on any atom is -0.456 e. The zero-order valence-electron chi connectivity index (χ0n) is 36.6. The van der Waals surface area contributed by atoms with Crippen molar-refractivity contribution < 1.29 is 19.5 Å². The first kappa shape index (κ1) is 19.2. The Kier molecular flexibility index (Phi) is 4.78. The van der Waals surface area contributed by atoms with Gasteiger partial charge in [0.2, 0.25) is 0 Å². The summed E-state index contributed by atoms with van der Waals surface area (Å²) in [7, 11) is 0. The van der Waals surface area contributed by atoms with Gasteiger partial charge in [0, 0.05) is 27.5 Å². The van der Waals surface area contributed by atoms with Crippen LogP contribution in [-0.4, -0.2) is 15.0 Å². The van der Waals surface area contributed by atoms with Crippen LogP contribution in [0.4, 0.5) is 0 Å². The molecule has 4 nitrogen and oxygen atoms in total. The van der Waals surface area contributed by atoms with Crippen LogP contribution in [0.2, 0.25) is 0 Å². The molecule has 0 unspecified atom stereocenters. The van der Waals surface area contributed by atoms with Gasteiger partial charge in [-0.1, -0.05) is 164 Å². The Morgan fingerprint density at radius 1 is 0.367 bits per heavy atom. The van der Waals surface area contributed by atoms with Gasteiger partial charge in [-0.15, -0.1) is 0 Å². The summed E-state index contributed by atoms with van der Waals surface area (Å²) < 4.78 is 103. The molecule has 7 aromatic carbocycles. The molecule has 0 aliphatic carbocycles. The standard InChI is InChI=1S/C45H29N3O/c1-3-10-30(11-4-1)32-18-24-35(25-19-32)43-46-44(36-26-20-33(21-27-36)31-12-5-2-6-13-31)48-45(47-43)37-28-22-34(23-29-37)38-15-9-17-41-42(38)39-14-7-8-16-40(39)49-41/h1-29H/i7D,8D,9D,14D,15D,16D,17D,22D,23D,28D,29D. The molecule has 49 heavy (non-hydrogen) atoms. The lowest BCUT2D eigenvalue weighted by Gasteiger charge is -2.10. The summed E-state index contributed by atoms with van der Waals surface area (Å²) >= 11 is 0. The maximum Gasteiger partial charge on any atom is 0.164 e. The van der Waals surface area contributed by atoms with Crippen molar-refractivity contribution in [1.29, 1.82) is 0 Å². The highest BCUT2D eigenvalue weighted by Gasteiger charge is 2.15. The zero-order chi connectivity index (χ0) is 42.1. The molecule has 9 aromatic rings. The van der Waals surface area contributed by atoms with E-state index in [9.17, 15) is 5.48 Å². The molecule has 0 bridgehead atoms. The summed E-state index contributed by atoms with van der Waals surface area (Å²) in [5.41, 5.74) is 3.43. The van der Waals surface area contributed by atoms with E-state index in [0.29, 0.717) is 11.1 Å². The van der Waals surface area contributed by atoms with Gasteiger partial charge in [0.05, 0.1) is 15.1 Å². The van der Waals surface area contributed by atoms with Gasteiger partial charge in [0.25, 0.3) is 0 Å². The first-order chi connectivity index (χ1) is 28.8. The molecule has 4 heteroatoms. The average Bonchev–Trinajstić information content (AvgIpc) is 3.69. The van der Waals surface area contributed by atoms with Crippen LogP contribution in [0.25, 0.3) is 89.5 Å². The van der Waals surface area contributed by atoms with Crippen molar-refractivity contribution in [2.45, 2.75) is 0 Å². The second kappa shape index (κ2) is 12.2. The van der Waals surface area contributed by atoms with Crippen molar-refractivity contribution in [3.63, 3.8) is 0 Å². The monoisotopic (exact) mass is 638 g/mol. The van der Waals surface area contributed by atoms with Gasteiger partial charge in [-0.2, -0.15) is 0 Å². The summed E-state index contributed by atoms with van der Waals surface area (Å²) in [6.45, 7) is 0. The van der Waals surface area contributed by atoms with E-state index in [2.05, 4.69) is 0 Å². The van der Waals surface area contributed by atoms with Crippen LogP contribution in [-0.2, 0) is 0 Å². The first-order valence-corrected chi connectivity index (χ1v) is 15.5. The van der Waals surface area contributed by atoms with Gasteiger partial charge in [-0.3, -0.25) is 0 Å². The second-order valence-corrected chi connectivity index (χ2v) is 11.2. The van der Waals surface area contributed by atoms with Gasteiger partial charge in [-0.25, -0.2) is 15.0 Å². The normalized spacial score (nSPS) is 14.4. The lowest BCUT2D eigenvalue weighted by molar-refractivity contribution is 0.669. The topological polar surface area (TPSA) is 51.8 Å². The minimum atomic E-state index is -0.656. The average molecular weight is 639 g/mol. The van der Waals surface area contributed by atoms with Crippen LogP contribution in [0.5, 0.6) is 0 Å². The third kappa shape index (κ3) is 5.45. The van der Waals surface area contributed by atoms with E-state index in [4.69, 9.17) is 29.0 Å². The van der Waals surface area contributed by atoms with Crippen molar-refractivity contribution in [3.8, 4) is 67.5 Å². The summed E-state index contributed by atoms with van der Waals surface area (Å²) in [4.78, 5) is 14.3. The molecule has 0 aliphatic heterocycles. The van der Waals surface area contributed by atoms with Crippen LogP contribution in [0, 0.1) is 0 Å². The van der Waals surface area contributed by atoms with Crippen molar-refractivity contribution >= 4 is 21.9 Å². The van der Waals surface area contributed by atoms with Gasteiger partial charge in [0.15, 0.2) is 17.5 Å². The SMILES string of the molecule is [2H]c1c([2H])c(-c2c([2H])c([2H])c([2H])c3oc4c([2H])c([2H])c([2H])c([2H])c4c23)c([2H])c([2H])c1-c1nc(-c2ccc(-c3ccccc3)cc2)nc(-c2ccc(-c3ccccc3)cc2)n1. The largest absolute Gasteiger partial charge is 0.456 e. The highest BCUT2D eigenvalue weighted by Crippen LogP contribution is 2.37. The first-order valence-electron chi connectivity index (χ1n) is 21.0. The molecule has 0 fully saturated rings. The molecule has 0 atom stereocenters. The summed E-state index contributed by atoms with van der Waals surface area (Å²) in [6.07, 6.45) is 0. The van der Waals surface area contributed by atoms with E-state index >= 15 is 0 Å². The summed E-state index contributed by atoms with van der Waals surface area (Å²) in [6, 6.07) is 28.2. The van der Waals surface area contributed by atoms with Gasteiger partial charge in [-0.05, 0) is 45.5 Å². The summed E-state index contributed by atoms with van der Waals surface area (Å²) in [5, 5.41) is -0.406. The Bertz CT molecular complexity index is 3060. The van der Waals surface area contributed by atoms with E-state index in [0.717, 1.165) is 22.3 Å². The number of rotatable bonds is 6. The van der Waals surface area contributed by atoms with E-state index in [-0.39, 0.29) is 50.5 Å². The number of furan rings is 1. The zero-order valence-corrected chi connectivity index (χ0v) is 25.6. The Morgan fingerprint density at radius 2 is 0.816 bits per heavy atom. The number of nitrogens with zero attached hydrogens (tertiary/aromatic N) is 3. The minimum absolute atomic E-state index is 0.153. The summed E-state index contributed by atoms with van der Waals surface area (Å²) in [5.74, 6) is 0.267. The smallest absolute Gasteiger partial charge is 0.164 e. The molecule has 9 rings (SSSR count). The molecule has 2 heterocycles. The molecule has 0 amide bonds. The predicted molar refractivity (Wildman–Crippen MR) is 200 cm³/mol. The quantitative estimate of drug-likeness (QED) is 0.182. The van der Waals surface area contributed by atoms with Crippen LogP contribution in [0.15, 0.2) is 180 Å². The highest BCUT2D eigenvalue weighted by molar-refractivity contribution is 6.12. The molecule has 0 saturated carbocycles. The third-order valence-electron chi connectivity index (χ3n) is 8.18. The van der Waals surface area contributed by atoms with E-state index < -0.39 is 72.0 Å². The van der Waals surface area contributed by atoms with Crippen LogP contribution < -0.4 is 0 Å². The molecule has 0 aliphatic rings. The van der Waals surface area contributed by atoms with E-state index in [1.807, 2.05) is 109 Å². The molecule has 0 radical (unpaired) electrons. The maximum absolute atomic E-state index is 9.31. The fourth-order valence-corrected chi connectivity index (χ4v) is 5.73. The Hall–Kier alpha value is -6.65. The van der Waals surface area contributed by atoms with E-state index in [1.165, 1.54) is 0 Å². The van der Waals surface area contributed by atoms with Crippen molar-refractivity contribution in [1.82, 2.24) is 15.0 Å². The fourth-order valence-electron chi connectivity index (χ4n) is 5.73. The highest BCUT2D eigenvalue weighted by atomic mass is 16.3. The molecule has 230 valence electrons. The number of aromatic nitrogens is 3. The van der Waals surface area contributed by atoms with Gasteiger partial charge < -0.3 is 4.42 Å². The number of fused-ring (bicyclic) bond motifs is 3. The Balaban J connectivity index is 1.26. The van der Waals surface area contributed by atoms with Crippen LogP contribution in [0.3, 0.4) is 0 Å². The number of para-hydroxylation sites is 1. The fraction of sp³-hybridized carbons (Fsp3) is 0. The number of benzene rings is 7. The lowest BCUT2D eigenvalue weighted by atomic mass is 9.98. The maximum atomic E-state index is 9.31. The molecular formula is C45H29N3O. The van der Waals surface area contributed by atoms with Crippen molar-refractivity contribution in [3.05, 3.63) is 176 Å².